The first-order valence-corrected chi connectivity index (χ1v) is 14.8. The van der Waals surface area contributed by atoms with Crippen LogP contribution in [0.3, 0.4) is 0 Å². The van der Waals surface area contributed by atoms with Gasteiger partial charge in [-0.2, -0.15) is 0 Å². The average Bonchev–Trinajstić information content (AvgIpc) is 2.77. The smallest absolute Gasteiger partial charge is 0.243 e. The second-order valence-corrected chi connectivity index (χ2v) is 12.8. The summed E-state index contributed by atoms with van der Waals surface area (Å²) in [6.07, 6.45) is 1.84. The number of anilines is 1. The largest absolute Gasteiger partial charge is 0.350 e. The Labute approximate surface area is 231 Å². The van der Waals surface area contributed by atoms with E-state index >= 15 is 0 Å². The molecule has 204 valence electrons. The maximum atomic E-state index is 13.6. The van der Waals surface area contributed by atoms with Gasteiger partial charge in [0.05, 0.1) is 11.9 Å². The molecular formula is C27H37Cl2N3O4S. The number of para-hydroxylation sites is 1. The molecule has 10 heteroatoms. The van der Waals surface area contributed by atoms with E-state index in [1.807, 2.05) is 46.8 Å². The van der Waals surface area contributed by atoms with Crippen LogP contribution in [0.2, 0.25) is 10.0 Å². The van der Waals surface area contributed by atoms with Gasteiger partial charge in [-0.1, -0.05) is 54.4 Å². The quantitative estimate of drug-likeness (QED) is 0.383. The molecule has 0 aliphatic heterocycles. The molecule has 0 saturated carbocycles. The number of nitrogens with zero attached hydrogens (tertiary/aromatic N) is 2. The Morgan fingerprint density at radius 2 is 1.62 bits per heavy atom. The first kappa shape index (κ1) is 30.9. The number of hydrogen-bond acceptors (Lipinski definition) is 4. The van der Waals surface area contributed by atoms with Crippen molar-refractivity contribution in [3.63, 3.8) is 0 Å². The van der Waals surface area contributed by atoms with Crippen molar-refractivity contribution in [2.75, 3.05) is 17.1 Å². The Hall–Kier alpha value is -2.29. The lowest BCUT2D eigenvalue weighted by atomic mass is 10.0. The molecule has 1 atom stereocenters. The summed E-state index contributed by atoms with van der Waals surface area (Å²) >= 11 is 12.8. The van der Waals surface area contributed by atoms with Crippen LogP contribution in [-0.2, 0) is 26.2 Å². The van der Waals surface area contributed by atoms with E-state index in [-0.39, 0.29) is 37.7 Å². The van der Waals surface area contributed by atoms with Gasteiger partial charge in [-0.3, -0.25) is 13.9 Å². The lowest BCUT2D eigenvalue weighted by molar-refractivity contribution is -0.142. The molecule has 0 fully saturated rings. The fraction of sp³-hybridized carbons (Fsp3) is 0.481. The summed E-state index contributed by atoms with van der Waals surface area (Å²) in [5.41, 5.74) is 1.47. The first-order chi connectivity index (χ1) is 17.2. The third-order valence-corrected chi connectivity index (χ3v) is 7.70. The highest BCUT2D eigenvalue weighted by molar-refractivity contribution is 7.92. The van der Waals surface area contributed by atoms with E-state index in [4.69, 9.17) is 23.2 Å². The normalized spacial score (nSPS) is 12.6. The minimum atomic E-state index is -3.56. The van der Waals surface area contributed by atoms with Crippen LogP contribution >= 0.6 is 23.2 Å². The van der Waals surface area contributed by atoms with Gasteiger partial charge in [-0.15, -0.1) is 0 Å². The van der Waals surface area contributed by atoms with Crippen LogP contribution in [0.5, 0.6) is 0 Å². The number of nitrogens with one attached hydrogen (secondary N) is 1. The lowest BCUT2D eigenvalue weighted by Crippen LogP contribution is -2.53. The van der Waals surface area contributed by atoms with Crippen LogP contribution in [0.25, 0.3) is 0 Å². The van der Waals surface area contributed by atoms with Crippen molar-refractivity contribution >= 4 is 50.7 Å². The van der Waals surface area contributed by atoms with Crippen LogP contribution in [-0.4, -0.2) is 49.5 Å². The Morgan fingerprint density at radius 3 is 2.14 bits per heavy atom. The second-order valence-electron chi connectivity index (χ2n) is 10.1. The van der Waals surface area contributed by atoms with Gasteiger partial charge in [0.15, 0.2) is 0 Å². The molecule has 2 rings (SSSR count). The highest BCUT2D eigenvalue weighted by atomic mass is 35.5. The molecule has 2 amide bonds. The van der Waals surface area contributed by atoms with Gasteiger partial charge in [0, 0.05) is 40.7 Å². The highest BCUT2D eigenvalue weighted by Gasteiger charge is 2.31. The van der Waals surface area contributed by atoms with Gasteiger partial charge >= 0.3 is 0 Å². The third-order valence-electron chi connectivity index (χ3n) is 5.81. The number of aryl methyl sites for hydroxylation is 1. The molecule has 0 bridgehead atoms. The minimum absolute atomic E-state index is 0.0409. The summed E-state index contributed by atoms with van der Waals surface area (Å²) in [6.45, 7) is 9.49. The van der Waals surface area contributed by atoms with E-state index in [1.165, 1.54) is 9.21 Å². The maximum Gasteiger partial charge on any atom is 0.243 e. The summed E-state index contributed by atoms with van der Waals surface area (Å²) in [4.78, 5) is 28.2. The van der Waals surface area contributed by atoms with Crippen molar-refractivity contribution in [1.82, 2.24) is 10.2 Å². The summed E-state index contributed by atoms with van der Waals surface area (Å²) in [7, 11) is -3.56. The van der Waals surface area contributed by atoms with Crippen molar-refractivity contribution in [1.29, 1.82) is 0 Å². The predicted octanol–water partition coefficient (Wildman–Crippen LogP) is 5.57. The minimum Gasteiger partial charge on any atom is -0.350 e. The van der Waals surface area contributed by atoms with E-state index in [0.29, 0.717) is 27.7 Å². The van der Waals surface area contributed by atoms with Crippen LogP contribution in [0.15, 0.2) is 42.5 Å². The van der Waals surface area contributed by atoms with Crippen molar-refractivity contribution in [3.05, 3.63) is 63.6 Å². The topological polar surface area (TPSA) is 86.8 Å². The van der Waals surface area contributed by atoms with E-state index in [9.17, 15) is 18.0 Å². The lowest BCUT2D eigenvalue weighted by Gasteiger charge is -2.33. The standard InChI is InChI=1S/C27H37Cl2N3O4S/c1-7-23(26(34)30-27(3,4)5)31(18-20-21(28)13-10-14-22(20)29)25(33)16-11-17-32(37(6,35)36)24-15-9-8-12-19(24)2/h8-10,12-15,23H,7,11,16-18H2,1-6H3,(H,30,34). The molecule has 7 nitrogen and oxygen atoms in total. The Morgan fingerprint density at radius 1 is 1.03 bits per heavy atom. The van der Waals surface area contributed by atoms with Crippen LogP contribution in [0.4, 0.5) is 5.69 Å². The van der Waals surface area contributed by atoms with Gasteiger partial charge in [-0.05, 0) is 64.3 Å². The van der Waals surface area contributed by atoms with Crippen molar-refractivity contribution in [2.24, 2.45) is 0 Å². The molecule has 1 N–H and O–H groups in total. The molecule has 2 aromatic rings. The summed E-state index contributed by atoms with van der Waals surface area (Å²) in [6, 6.07) is 11.5. The Bertz CT molecular complexity index is 1190. The number of rotatable bonds is 11. The van der Waals surface area contributed by atoms with Gasteiger partial charge in [0.25, 0.3) is 0 Å². The second kappa shape index (κ2) is 13.0. The maximum absolute atomic E-state index is 13.6. The number of halogens is 2. The summed E-state index contributed by atoms with van der Waals surface area (Å²) in [5, 5.41) is 3.76. The van der Waals surface area contributed by atoms with E-state index in [0.717, 1.165) is 11.8 Å². The molecular weight excluding hydrogens is 533 g/mol. The van der Waals surface area contributed by atoms with Crippen LogP contribution in [0.1, 0.15) is 58.1 Å². The molecule has 0 heterocycles. The van der Waals surface area contributed by atoms with Crippen molar-refractivity contribution in [2.45, 2.75) is 72.0 Å². The molecule has 0 aromatic heterocycles. The molecule has 0 saturated heterocycles. The van der Waals surface area contributed by atoms with Crippen LogP contribution < -0.4 is 9.62 Å². The van der Waals surface area contributed by atoms with Gasteiger partial charge in [-0.25, -0.2) is 8.42 Å². The van der Waals surface area contributed by atoms with E-state index < -0.39 is 21.6 Å². The molecule has 0 radical (unpaired) electrons. The molecule has 0 aliphatic rings. The number of sulfonamides is 1. The highest BCUT2D eigenvalue weighted by Crippen LogP contribution is 2.28. The van der Waals surface area contributed by atoms with Gasteiger partial charge < -0.3 is 10.2 Å². The van der Waals surface area contributed by atoms with Crippen LogP contribution in [0, 0.1) is 6.92 Å². The zero-order valence-electron chi connectivity index (χ0n) is 22.3. The molecule has 0 aliphatic carbocycles. The van der Waals surface area contributed by atoms with Crippen molar-refractivity contribution < 1.29 is 18.0 Å². The van der Waals surface area contributed by atoms with Gasteiger partial charge in [0.1, 0.15) is 6.04 Å². The molecule has 2 aromatic carbocycles. The monoisotopic (exact) mass is 569 g/mol. The SMILES string of the molecule is CCC(C(=O)NC(C)(C)C)N(Cc1c(Cl)cccc1Cl)C(=O)CCCN(c1ccccc1C)S(C)(=O)=O. The zero-order valence-corrected chi connectivity index (χ0v) is 24.7. The molecule has 1 unspecified atom stereocenters. The summed E-state index contributed by atoms with van der Waals surface area (Å²) in [5.74, 6) is -0.561. The number of hydrogen-bond donors (Lipinski definition) is 1. The first-order valence-electron chi connectivity index (χ1n) is 12.2. The van der Waals surface area contributed by atoms with E-state index in [1.54, 1.807) is 30.3 Å². The number of benzene rings is 2. The fourth-order valence-electron chi connectivity index (χ4n) is 4.05. The zero-order chi connectivity index (χ0) is 28.0. The van der Waals surface area contributed by atoms with E-state index in [2.05, 4.69) is 5.32 Å². The summed E-state index contributed by atoms with van der Waals surface area (Å²) < 4.78 is 26.4. The predicted molar refractivity (Wildman–Crippen MR) is 152 cm³/mol. The van der Waals surface area contributed by atoms with Gasteiger partial charge in [0.2, 0.25) is 21.8 Å². The number of amides is 2. The fourth-order valence-corrected chi connectivity index (χ4v) is 5.59. The van der Waals surface area contributed by atoms with Crippen molar-refractivity contribution in [3.8, 4) is 0 Å². The Kier molecular flexibility index (Phi) is 10.9. The average molecular weight is 571 g/mol. The number of carbonyl (C=O) groups is 2. The third kappa shape index (κ3) is 8.90. The number of carbonyl (C=O) groups excluding carboxylic acids is 2. The molecule has 0 spiro atoms. The molecule has 37 heavy (non-hydrogen) atoms. The Balaban J connectivity index is 2.31.